The van der Waals surface area contributed by atoms with E-state index in [1.807, 2.05) is 25.1 Å². The van der Waals surface area contributed by atoms with Crippen molar-refractivity contribution in [1.29, 1.82) is 0 Å². The first kappa shape index (κ1) is 23.0. The van der Waals surface area contributed by atoms with Crippen LogP contribution in [0.15, 0.2) is 48.7 Å². The maximum atomic E-state index is 5.66. The lowest BCUT2D eigenvalue weighted by atomic mass is 9.91. The average molecular weight is 464 g/mol. The first-order valence-electron chi connectivity index (χ1n) is 11.4. The number of thiocarbonyl (C=S) groups is 1. The zero-order chi connectivity index (χ0) is 23.4. The van der Waals surface area contributed by atoms with Gasteiger partial charge in [-0.15, -0.1) is 0 Å². The fourth-order valence-corrected chi connectivity index (χ4v) is 4.64. The van der Waals surface area contributed by atoms with Crippen LogP contribution in [0.4, 0.5) is 23.1 Å². The molecule has 33 heavy (non-hydrogen) atoms. The minimum absolute atomic E-state index is 0.365. The fraction of sp³-hybridized carbons (Fsp3) is 0.400. The summed E-state index contributed by atoms with van der Waals surface area (Å²) < 4.78 is 0. The van der Waals surface area contributed by atoms with Crippen molar-refractivity contribution < 1.29 is 0 Å². The lowest BCUT2D eigenvalue weighted by molar-refractivity contribution is 0.387. The molecule has 4 rings (SSSR count). The molecule has 3 aromatic rings. The predicted octanol–water partition coefficient (Wildman–Crippen LogP) is 4.47. The van der Waals surface area contributed by atoms with E-state index in [-0.39, 0.29) is 0 Å². The normalized spacial score (nSPS) is 17.9. The van der Waals surface area contributed by atoms with Crippen LogP contribution in [0.5, 0.6) is 0 Å². The predicted molar refractivity (Wildman–Crippen MR) is 144 cm³/mol. The van der Waals surface area contributed by atoms with Crippen molar-refractivity contribution in [2.24, 2.45) is 0 Å². The highest BCUT2D eigenvalue weighted by Gasteiger charge is 2.22. The van der Waals surface area contributed by atoms with Crippen molar-refractivity contribution in [3.8, 4) is 0 Å². The second kappa shape index (κ2) is 10.2. The Balaban J connectivity index is 1.32. The monoisotopic (exact) mass is 463 g/mol. The largest absolute Gasteiger partial charge is 0.377 e. The summed E-state index contributed by atoms with van der Waals surface area (Å²) in [5, 5.41) is 13.5. The van der Waals surface area contributed by atoms with Gasteiger partial charge in [-0.1, -0.05) is 24.3 Å². The van der Waals surface area contributed by atoms with E-state index in [0.717, 1.165) is 37.2 Å². The van der Waals surface area contributed by atoms with Crippen LogP contribution in [0, 0.1) is 0 Å². The number of hydrogen-bond acceptors (Lipinski definition) is 6. The topological polar surface area (TPSA) is 68.4 Å². The second-order valence-electron chi connectivity index (χ2n) is 9.00. The van der Waals surface area contributed by atoms with Gasteiger partial charge in [0.15, 0.2) is 5.11 Å². The lowest BCUT2D eigenvalue weighted by Gasteiger charge is -2.30. The Bertz CT molecular complexity index is 1110. The van der Waals surface area contributed by atoms with Crippen molar-refractivity contribution >= 4 is 51.2 Å². The third kappa shape index (κ3) is 5.63. The van der Waals surface area contributed by atoms with Crippen LogP contribution in [0.2, 0.25) is 0 Å². The summed E-state index contributed by atoms with van der Waals surface area (Å²) in [4.78, 5) is 13.1. The number of nitrogens with one attached hydrogen (secondary N) is 3. The quantitative estimate of drug-likeness (QED) is 0.463. The SMILES string of the molecule is CN(C)c1ccnc(N[C@H]2CC[C@@H](NC(=S)Nc3ccc(N(C)C)c4ccccc34)CC2)n1. The summed E-state index contributed by atoms with van der Waals surface area (Å²) in [6.45, 7) is 0. The van der Waals surface area contributed by atoms with E-state index in [1.54, 1.807) is 6.20 Å². The Hall–Kier alpha value is -3.13. The summed E-state index contributed by atoms with van der Waals surface area (Å²) in [7, 11) is 8.10. The zero-order valence-electron chi connectivity index (χ0n) is 19.8. The standard InChI is InChI=1S/C25H33N7S/c1-31(2)22-14-13-21(19-7-5-6-8-20(19)22)29-25(33)28-18-11-9-17(10-12-18)27-24-26-16-15-23(30-24)32(3)4/h5-8,13-18H,9-12H2,1-4H3,(H,26,27,30)(H2,28,29,33)/t17-,18+. The van der Waals surface area contributed by atoms with E-state index in [2.05, 4.69) is 81.3 Å². The van der Waals surface area contributed by atoms with Gasteiger partial charge in [0.1, 0.15) is 5.82 Å². The van der Waals surface area contributed by atoms with Crippen LogP contribution >= 0.6 is 12.2 Å². The van der Waals surface area contributed by atoms with Crippen LogP contribution in [-0.4, -0.2) is 55.4 Å². The third-order valence-corrected chi connectivity index (χ3v) is 6.35. The van der Waals surface area contributed by atoms with Gasteiger partial charge in [-0.25, -0.2) is 4.98 Å². The van der Waals surface area contributed by atoms with E-state index < -0.39 is 0 Å². The second-order valence-corrected chi connectivity index (χ2v) is 9.40. The number of benzene rings is 2. The van der Waals surface area contributed by atoms with Crippen molar-refractivity contribution in [3.63, 3.8) is 0 Å². The summed E-state index contributed by atoms with van der Waals surface area (Å²) in [5.41, 5.74) is 2.22. The van der Waals surface area contributed by atoms with Gasteiger partial charge in [0.05, 0.1) is 0 Å². The van der Waals surface area contributed by atoms with Gasteiger partial charge in [0, 0.05) is 68.6 Å². The van der Waals surface area contributed by atoms with Gasteiger partial charge < -0.3 is 25.8 Å². The average Bonchev–Trinajstić information content (AvgIpc) is 2.80. The number of nitrogens with zero attached hydrogens (tertiary/aromatic N) is 4. The molecule has 1 aromatic heterocycles. The van der Waals surface area contributed by atoms with E-state index in [4.69, 9.17) is 12.2 Å². The molecule has 1 fully saturated rings. The van der Waals surface area contributed by atoms with E-state index in [1.165, 1.54) is 16.5 Å². The molecule has 1 saturated carbocycles. The zero-order valence-corrected chi connectivity index (χ0v) is 20.6. The number of aromatic nitrogens is 2. The minimum Gasteiger partial charge on any atom is -0.377 e. The number of fused-ring (bicyclic) bond motifs is 1. The lowest BCUT2D eigenvalue weighted by Crippen LogP contribution is -2.42. The smallest absolute Gasteiger partial charge is 0.224 e. The summed E-state index contributed by atoms with van der Waals surface area (Å²) in [6.07, 6.45) is 6.00. The molecule has 8 heteroatoms. The molecule has 3 N–H and O–H groups in total. The molecule has 1 aliphatic carbocycles. The van der Waals surface area contributed by atoms with Crippen molar-refractivity contribution in [2.75, 3.05) is 48.6 Å². The van der Waals surface area contributed by atoms with Crippen LogP contribution in [-0.2, 0) is 0 Å². The Morgan fingerprint density at radius 2 is 1.58 bits per heavy atom. The molecule has 0 bridgehead atoms. The molecule has 1 heterocycles. The van der Waals surface area contributed by atoms with E-state index >= 15 is 0 Å². The molecule has 0 radical (unpaired) electrons. The van der Waals surface area contributed by atoms with Gasteiger partial charge in [-0.3, -0.25) is 0 Å². The summed E-state index contributed by atoms with van der Waals surface area (Å²) in [5.74, 6) is 1.60. The van der Waals surface area contributed by atoms with Crippen LogP contribution in [0.1, 0.15) is 25.7 Å². The Kier molecular flexibility index (Phi) is 7.13. The maximum absolute atomic E-state index is 5.66. The number of hydrogen-bond donors (Lipinski definition) is 3. The minimum atomic E-state index is 0.365. The third-order valence-electron chi connectivity index (χ3n) is 6.13. The highest BCUT2D eigenvalue weighted by Crippen LogP contribution is 2.31. The van der Waals surface area contributed by atoms with Crippen molar-refractivity contribution in [3.05, 3.63) is 48.7 Å². The van der Waals surface area contributed by atoms with Gasteiger partial charge in [-0.2, -0.15) is 4.98 Å². The van der Waals surface area contributed by atoms with E-state index in [9.17, 15) is 0 Å². The van der Waals surface area contributed by atoms with Crippen molar-refractivity contribution in [1.82, 2.24) is 15.3 Å². The molecule has 0 spiro atoms. The summed E-state index contributed by atoms with van der Waals surface area (Å²) in [6, 6.07) is 15.3. The highest BCUT2D eigenvalue weighted by molar-refractivity contribution is 7.80. The molecule has 0 amide bonds. The molecule has 1 aliphatic rings. The fourth-order valence-electron chi connectivity index (χ4n) is 4.36. The molecule has 7 nitrogen and oxygen atoms in total. The molecule has 0 atom stereocenters. The van der Waals surface area contributed by atoms with Gasteiger partial charge in [-0.05, 0) is 56.1 Å². The molecular formula is C25H33N7S. The van der Waals surface area contributed by atoms with Crippen LogP contribution in [0.25, 0.3) is 10.8 Å². The highest BCUT2D eigenvalue weighted by atomic mass is 32.1. The maximum Gasteiger partial charge on any atom is 0.224 e. The Labute approximate surface area is 201 Å². The van der Waals surface area contributed by atoms with Crippen molar-refractivity contribution in [2.45, 2.75) is 37.8 Å². The van der Waals surface area contributed by atoms with Crippen LogP contribution in [0.3, 0.4) is 0 Å². The van der Waals surface area contributed by atoms with E-state index in [0.29, 0.717) is 23.1 Å². The molecule has 2 aromatic carbocycles. The number of rotatable bonds is 6. The molecule has 0 saturated heterocycles. The van der Waals surface area contributed by atoms with Gasteiger partial charge in [0.25, 0.3) is 0 Å². The Morgan fingerprint density at radius 3 is 2.27 bits per heavy atom. The first-order valence-corrected chi connectivity index (χ1v) is 11.8. The Morgan fingerprint density at radius 1 is 0.879 bits per heavy atom. The van der Waals surface area contributed by atoms with Gasteiger partial charge >= 0.3 is 0 Å². The molecule has 0 aliphatic heterocycles. The molecule has 0 unspecified atom stereocenters. The molecule has 174 valence electrons. The van der Waals surface area contributed by atoms with Crippen LogP contribution < -0.4 is 25.8 Å². The summed E-state index contributed by atoms with van der Waals surface area (Å²) >= 11 is 5.66. The first-order chi connectivity index (χ1) is 15.9. The van der Waals surface area contributed by atoms with Gasteiger partial charge in [0.2, 0.25) is 5.95 Å². The molecular weight excluding hydrogens is 430 g/mol. The number of anilines is 4.